The predicted octanol–water partition coefficient (Wildman–Crippen LogP) is 3.97. The van der Waals surface area contributed by atoms with Crippen molar-refractivity contribution in [1.29, 1.82) is 0 Å². The maximum absolute atomic E-state index is 12.3. The molecule has 134 valence electrons. The zero-order chi connectivity index (χ0) is 18.4. The van der Waals surface area contributed by atoms with E-state index in [-0.39, 0.29) is 11.8 Å². The van der Waals surface area contributed by atoms with E-state index in [0.717, 1.165) is 21.3 Å². The Morgan fingerprint density at radius 1 is 1.32 bits per heavy atom. The Morgan fingerprint density at radius 3 is 2.52 bits per heavy atom. The normalized spacial score (nSPS) is 13.2. The van der Waals surface area contributed by atoms with Crippen molar-refractivity contribution in [3.05, 3.63) is 45.9 Å². The van der Waals surface area contributed by atoms with Crippen LogP contribution in [-0.2, 0) is 10.5 Å². The first-order valence-corrected chi connectivity index (χ1v) is 9.94. The summed E-state index contributed by atoms with van der Waals surface area (Å²) in [6.45, 7) is 5.71. The van der Waals surface area contributed by atoms with E-state index in [1.165, 1.54) is 0 Å². The molecule has 0 saturated carbocycles. The lowest BCUT2D eigenvalue weighted by atomic mass is 9.99. The van der Waals surface area contributed by atoms with Gasteiger partial charge in [0, 0.05) is 21.6 Å². The summed E-state index contributed by atoms with van der Waals surface area (Å²) < 4.78 is 0. The van der Waals surface area contributed by atoms with Crippen molar-refractivity contribution in [2.45, 2.75) is 43.9 Å². The highest BCUT2D eigenvalue weighted by Crippen LogP contribution is 2.24. The number of hydrogen-bond donors (Lipinski definition) is 2. The number of benzene rings is 1. The number of hydrogen-bond acceptors (Lipinski definition) is 5. The molecule has 0 radical (unpaired) electrons. The smallest absolute Gasteiger partial charge is 0.326 e. The molecule has 2 rings (SSSR count). The standard InChI is InChI=1S/C18H22N2O3S2/c1-4-11(2)16(18(22)23)20-17(21)13-5-7-15(8-6-13)25-10-14-9-24-12(3)19-14/h5-9,11,16H,4,10H2,1-3H3,(H,20,21)(H,22,23). The van der Waals surface area contributed by atoms with Gasteiger partial charge in [0.2, 0.25) is 0 Å². The Balaban J connectivity index is 1.96. The first-order valence-electron chi connectivity index (χ1n) is 8.08. The summed E-state index contributed by atoms with van der Waals surface area (Å²) in [4.78, 5) is 29.1. The van der Waals surface area contributed by atoms with Crippen LogP contribution in [0.2, 0.25) is 0 Å². The van der Waals surface area contributed by atoms with E-state index < -0.39 is 12.0 Å². The third-order valence-corrected chi connectivity index (χ3v) is 5.80. The van der Waals surface area contributed by atoms with Crippen LogP contribution in [0.1, 0.15) is 41.3 Å². The molecule has 0 aliphatic carbocycles. The van der Waals surface area contributed by atoms with E-state index in [4.69, 9.17) is 0 Å². The topological polar surface area (TPSA) is 79.3 Å². The fourth-order valence-electron chi connectivity index (χ4n) is 2.24. The Labute approximate surface area is 155 Å². The van der Waals surface area contributed by atoms with E-state index in [0.29, 0.717) is 12.0 Å². The SMILES string of the molecule is CCC(C)C(NC(=O)c1ccc(SCc2csc(C)n2)cc1)C(=O)O. The molecule has 7 heteroatoms. The van der Waals surface area contributed by atoms with Crippen LogP contribution in [0.5, 0.6) is 0 Å². The molecule has 2 unspecified atom stereocenters. The van der Waals surface area contributed by atoms with Gasteiger partial charge in [-0.05, 0) is 37.1 Å². The average Bonchev–Trinajstić information content (AvgIpc) is 3.02. The van der Waals surface area contributed by atoms with Crippen LogP contribution >= 0.6 is 23.1 Å². The molecule has 0 saturated heterocycles. The van der Waals surface area contributed by atoms with Gasteiger partial charge >= 0.3 is 5.97 Å². The van der Waals surface area contributed by atoms with E-state index in [1.54, 1.807) is 35.2 Å². The number of carbonyl (C=O) groups excluding carboxylic acids is 1. The Bertz CT molecular complexity index is 728. The van der Waals surface area contributed by atoms with Gasteiger partial charge in [-0.2, -0.15) is 0 Å². The fraction of sp³-hybridized carbons (Fsp3) is 0.389. The Morgan fingerprint density at radius 2 is 2.00 bits per heavy atom. The van der Waals surface area contributed by atoms with Gasteiger partial charge in [-0.1, -0.05) is 20.3 Å². The van der Waals surface area contributed by atoms with Crippen LogP contribution in [-0.4, -0.2) is 28.0 Å². The predicted molar refractivity (Wildman–Crippen MR) is 101 cm³/mol. The number of nitrogens with one attached hydrogen (secondary N) is 1. The molecule has 2 N–H and O–H groups in total. The van der Waals surface area contributed by atoms with E-state index in [9.17, 15) is 14.7 Å². The molecule has 25 heavy (non-hydrogen) atoms. The lowest BCUT2D eigenvalue weighted by molar-refractivity contribution is -0.140. The van der Waals surface area contributed by atoms with Crippen molar-refractivity contribution < 1.29 is 14.7 Å². The third kappa shape index (κ3) is 5.57. The number of thiazole rings is 1. The highest BCUT2D eigenvalue weighted by Gasteiger charge is 2.25. The molecule has 1 heterocycles. The van der Waals surface area contributed by atoms with Crippen LogP contribution in [0.25, 0.3) is 0 Å². The molecule has 5 nitrogen and oxygen atoms in total. The molecular weight excluding hydrogens is 356 g/mol. The van der Waals surface area contributed by atoms with Gasteiger partial charge in [-0.15, -0.1) is 23.1 Å². The average molecular weight is 379 g/mol. The lowest BCUT2D eigenvalue weighted by Crippen LogP contribution is -2.45. The van der Waals surface area contributed by atoms with Crippen LogP contribution in [0.3, 0.4) is 0 Å². The molecular formula is C18H22N2O3S2. The monoisotopic (exact) mass is 378 g/mol. The van der Waals surface area contributed by atoms with Gasteiger partial charge in [0.05, 0.1) is 10.7 Å². The van der Waals surface area contributed by atoms with Gasteiger partial charge in [0.1, 0.15) is 6.04 Å². The van der Waals surface area contributed by atoms with Crippen molar-refractivity contribution in [2.24, 2.45) is 5.92 Å². The maximum Gasteiger partial charge on any atom is 0.326 e. The summed E-state index contributed by atoms with van der Waals surface area (Å²) in [6.07, 6.45) is 0.683. The van der Waals surface area contributed by atoms with Crippen LogP contribution in [0.4, 0.5) is 0 Å². The summed E-state index contributed by atoms with van der Waals surface area (Å²) in [5, 5.41) is 15.0. The van der Waals surface area contributed by atoms with Gasteiger partial charge in [0.15, 0.2) is 0 Å². The lowest BCUT2D eigenvalue weighted by Gasteiger charge is -2.20. The number of carboxylic acid groups (broad SMARTS) is 1. The Kier molecular flexibility index (Phi) is 7.01. The van der Waals surface area contributed by atoms with Gasteiger partial charge in [0.25, 0.3) is 5.91 Å². The number of aliphatic carboxylic acids is 1. The van der Waals surface area contributed by atoms with Crippen LogP contribution in [0.15, 0.2) is 34.5 Å². The van der Waals surface area contributed by atoms with Crippen molar-refractivity contribution >= 4 is 35.0 Å². The maximum atomic E-state index is 12.3. The van der Waals surface area contributed by atoms with Gasteiger partial charge in [-0.3, -0.25) is 4.79 Å². The number of carbonyl (C=O) groups is 2. The molecule has 0 bridgehead atoms. The molecule has 2 aromatic rings. The number of carboxylic acids is 1. The van der Waals surface area contributed by atoms with Crippen LogP contribution < -0.4 is 5.32 Å². The largest absolute Gasteiger partial charge is 0.480 e. The second-order valence-electron chi connectivity index (χ2n) is 5.85. The van der Waals surface area contributed by atoms with Crippen molar-refractivity contribution in [2.75, 3.05) is 0 Å². The third-order valence-electron chi connectivity index (χ3n) is 3.94. The number of amides is 1. The molecule has 0 aliphatic heterocycles. The minimum atomic E-state index is -1.01. The van der Waals surface area contributed by atoms with Gasteiger partial charge < -0.3 is 10.4 Å². The summed E-state index contributed by atoms with van der Waals surface area (Å²) in [5.74, 6) is -0.712. The highest BCUT2D eigenvalue weighted by molar-refractivity contribution is 7.98. The highest BCUT2D eigenvalue weighted by atomic mass is 32.2. The molecule has 1 amide bonds. The first kappa shape index (κ1) is 19.5. The minimum Gasteiger partial charge on any atom is -0.480 e. The fourth-order valence-corrected chi connectivity index (χ4v) is 3.75. The van der Waals surface area contributed by atoms with Crippen LogP contribution in [0, 0.1) is 12.8 Å². The number of nitrogens with zero attached hydrogens (tertiary/aromatic N) is 1. The quantitative estimate of drug-likeness (QED) is 0.680. The van der Waals surface area contributed by atoms with Crippen molar-refractivity contribution in [1.82, 2.24) is 10.3 Å². The minimum absolute atomic E-state index is 0.127. The van der Waals surface area contributed by atoms with Crippen molar-refractivity contribution in [3.63, 3.8) is 0 Å². The second-order valence-corrected chi connectivity index (χ2v) is 7.96. The number of aromatic nitrogens is 1. The van der Waals surface area contributed by atoms with E-state index >= 15 is 0 Å². The Hall–Kier alpha value is -1.86. The van der Waals surface area contributed by atoms with Crippen molar-refractivity contribution in [3.8, 4) is 0 Å². The molecule has 1 aromatic carbocycles. The zero-order valence-electron chi connectivity index (χ0n) is 14.5. The number of aryl methyl sites for hydroxylation is 1. The number of rotatable bonds is 8. The molecule has 2 atom stereocenters. The summed E-state index contributed by atoms with van der Waals surface area (Å²) in [6, 6.07) is 6.31. The molecule has 0 spiro atoms. The molecule has 0 aliphatic rings. The molecule has 1 aromatic heterocycles. The zero-order valence-corrected chi connectivity index (χ0v) is 16.1. The van der Waals surface area contributed by atoms with E-state index in [1.807, 2.05) is 38.3 Å². The van der Waals surface area contributed by atoms with E-state index in [2.05, 4.69) is 10.3 Å². The number of thioether (sulfide) groups is 1. The second kappa shape index (κ2) is 9.01. The summed E-state index contributed by atoms with van der Waals surface area (Å²) in [7, 11) is 0. The molecule has 0 fully saturated rings. The van der Waals surface area contributed by atoms with Gasteiger partial charge in [-0.25, -0.2) is 9.78 Å². The summed E-state index contributed by atoms with van der Waals surface area (Å²) >= 11 is 3.29. The first-order chi connectivity index (χ1) is 11.9. The summed E-state index contributed by atoms with van der Waals surface area (Å²) in [5.41, 5.74) is 1.51.